The quantitative estimate of drug-likeness (QED) is 0.604. The fourth-order valence-electron chi connectivity index (χ4n) is 2.00. The number of aryl methyl sites for hydroxylation is 1. The van der Waals surface area contributed by atoms with E-state index in [-0.39, 0.29) is 5.97 Å². The second kappa shape index (κ2) is 6.13. The Labute approximate surface area is 123 Å². The Morgan fingerprint density at radius 2 is 2.25 bits per heavy atom. The molecule has 1 fully saturated rings. The summed E-state index contributed by atoms with van der Waals surface area (Å²) in [7, 11) is 3.38. The molecule has 1 aromatic heterocycles. The second-order valence-corrected chi connectivity index (χ2v) is 6.49. The van der Waals surface area contributed by atoms with Gasteiger partial charge in [0.15, 0.2) is 5.16 Å². The van der Waals surface area contributed by atoms with Crippen molar-refractivity contribution in [2.75, 3.05) is 12.9 Å². The van der Waals surface area contributed by atoms with Crippen LogP contribution in [0.5, 0.6) is 0 Å². The highest BCUT2D eigenvalue weighted by molar-refractivity contribution is 7.99. The van der Waals surface area contributed by atoms with Crippen molar-refractivity contribution < 1.29 is 9.53 Å². The summed E-state index contributed by atoms with van der Waals surface area (Å²) >= 11 is 1.61. The van der Waals surface area contributed by atoms with E-state index in [0.29, 0.717) is 12.5 Å². The minimum absolute atomic E-state index is 0.195. The van der Waals surface area contributed by atoms with Crippen LogP contribution in [0.3, 0.4) is 0 Å². The normalized spacial score (nSPS) is 17.8. The van der Waals surface area contributed by atoms with Crippen molar-refractivity contribution in [1.29, 1.82) is 0 Å². The minimum Gasteiger partial charge on any atom is -0.468 e. The molecular weight excluding hydrogens is 276 g/mol. The van der Waals surface area contributed by atoms with E-state index in [4.69, 9.17) is 4.74 Å². The molecule has 0 aromatic carbocycles. The molecule has 0 aliphatic heterocycles. The molecular formula is C13H22N4O2S. The zero-order valence-corrected chi connectivity index (χ0v) is 13.3. The van der Waals surface area contributed by atoms with E-state index in [1.54, 1.807) is 11.8 Å². The fraction of sp³-hybridized carbons (Fsp3) is 0.769. The molecule has 20 heavy (non-hydrogen) atoms. The molecule has 112 valence electrons. The number of methoxy groups -OCH3 is 1. The van der Waals surface area contributed by atoms with Crippen LogP contribution in [0, 0.1) is 6.92 Å². The van der Waals surface area contributed by atoms with Gasteiger partial charge in [-0.2, -0.15) is 0 Å². The second-order valence-electron chi connectivity index (χ2n) is 5.43. The first-order valence-corrected chi connectivity index (χ1v) is 7.80. The van der Waals surface area contributed by atoms with Gasteiger partial charge in [-0.25, -0.2) is 0 Å². The minimum atomic E-state index is -0.615. The summed E-state index contributed by atoms with van der Waals surface area (Å²) in [5.74, 6) is 1.48. The molecule has 1 heterocycles. The van der Waals surface area contributed by atoms with Gasteiger partial charge in [-0.05, 0) is 33.1 Å². The third kappa shape index (κ3) is 3.52. The van der Waals surface area contributed by atoms with Crippen LogP contribution < -0.4 is 5.32 Å². The fourth-order valence-corrected chi connectivity index (χ4v) is 3.11. The number of nitrogens with one attached hydrogen (secondary N) is 1. The molecule has 2 rings (SSSR count). The number of thioether (sulfide) groups is 1. The van der Waals surface area contributed by atoms with Gasteiger partial charge in [0, 0.05) is 18.8 Å². The molecule has 7 heteroatoms. The Morgan fingerprint density at radius 3 is 2.75 bits per heavy atom. The van der Waals surface area contributed by atoms with Gasteiger partial charge in [0.1, 0.15) is 11.4 Å². The van der Waals surface area contributed by atoms with Crippen molar-refractivity contribution in [2.45, 2.75) is 49.8 Å². The molecule has 1 N–H and O–H groups in total. The standard InChI is InChI=1S/C13H22N4O2S/c1-9-15-16-12(17(9)3)20-8-7-13(2,11(18)19-4)14-10-5-6-10/h10,14H,5-8H2,1-4H3. The molecule has 1 aromatic rings. The Balaban J connectivity index is 1.91. The first-order chi connectivity index (χ1) is 9.46. The predicted molar refractivity (Wildman–Crippen MR) is 77.7 cm³/mol. The smallest absolute Gasteiger partial charge is 0.325 e. The third-order valence-corrected chi connectivity index (χ3v) is 4.64. The average molecular weight is 298 g/mol. The van der Waals surface area contributed by atoms with E-state index in [1.807, 2.05) is 25.5 Å². The van der Waals surface area contributed by atoms with Gasteiger partial charge in [0.25, 0.3) is 0 Å². The van der Waals surface area contributed by atoms with Gasteiger partial charge in [-0.1, -0.05) is 11.8 Å². The summed E-state index contributed by atoms with van der Waals surface area (Å²) in [6.07, 6.45) is 2.98. The van der Waals surface area contributed by atoms with Crippen molar-refractivity contribution in [3.05, 3.63) is 5.82 Å². The molecule has 1 unspecified atom stereocenters. The Bertz CT molecular complexity index is 487. The van der Waals surface area contributed by atoms with Gasteiger partial charge in [0.05, 0.1) is 7.11 Å². The van der Waals surface area contributed by atoms with Crippen LogP contribution in [-0.2, 0) is 16.6 Å². The Kier molecular flexibility index (Phi) is 4.70. The van der Waals surface area contributed by atoms with Crippen LogP contribution in [0.2, 0.25) is 0 Å². The number of nitrogens with zero attached hydrogens (tertiary/aromatic N) is 3. The highest BCUT2D eigenvalue weighted by atomic mass is 32.2. The van der Waals surface area contributed by atoms with Crippen LogP contribution in [0.4, 0.5) is 0 Å². The highest BCUT2D eigenvalue weighted by Gasteiger charge is 2.39. The lowest BCUT2D eigenvalue weighted by atomic mass is 9.99. The van der Waals surface area contributed by atoms with E-state index < -0.39 is 5.54 Å². The Hall–Kier alpha value is -1.08. The number of esters is 1. The lowest BCUT2D eigenvalue weighted by Crippen LogP contribution is -2.51. The molecule has 6 nitrogen and oxygen atoms in total. The maximum atomic E-state index is 12.0. The summed E-state index contributed by atoms with van der Waals surface area (Å²) in [6.45, 7) is 3.84. The molecule has 1 atom stereocenters. The molecule has 1 saturated carbocycles. The summed E-state index contributed by atoms with van der Waals surface area (Å²) in [5, 5.41) is 12.4. The van der Waals surface area contributed by atoms with Gasteiger partial charge in [0.2, 0.25) is 0 Å². The molecule has 0 saturated heterocycles. The van der Waals surface area contributed by atoms with Crippen molar-refractivity contribution in [2.24, 2.45) is 7.05 Å². The van der Waals surface area contributed by atoms with E-state index in [9.17, 15) is 4.79 Å². The number of hydrogen-bond acceptors (Lipinski definition) is 6. The van der Waals surface area contributed by atoms with Gasteiger partial charge in [-0.15, -0.1) is 10.2 Å². The third-order valence-electron chi connectivity index (χ3n) is 3.62. The lowest BCUT2D eigenvalue weighted by molar-refractivity contribution is -0.148. The van der Waals surface area contributed by atoms with Crippen LogP contribution in [0.15, 0.2) is 5.16 Å². The first-order valence-electron chi connectivity index (χ1n) is 6.81. The maximum Gasteiger partial charge on any atom is 0.325 e. The molecule has 0 spiro atoms. The van der Waals surface area contributed by atoms with Gasteiger partial charge >= 0.3 is 5.97 Å². The molecule has 0 radical (unpaired) electrons. The van der Waals surface area contributed by atoms with E-state index in [0.717, 1.165) is 29.6 Å². The monoisotopic (exact) mass is 298 g/mol. The summed E-state index contributed by atoms with van der Waals surface area (Å²) < 4.78 is 6.88. The number of aromatic nitrogens is 3. The van der Waals surface area contributed by atoms with E-state index in [2.05, 4.69) is 15.5 Å². The molecule has 1 aliphatic rings. The maximum absolute atomic E-state index is 12.0. The molecule has 0 bridgehead atoms. The first kappa shape index (κ1) is 15.3. The summed E-state index contributed by atoms with van der Waals surface area (Å²) in [4.78, 5) is 12.0. The zero-order valence-electron chi connectivity index (χ0n) is 12.5. The van der Waals surface area contributed by atoms with Crippen LogP contribution in [0.25, 0.3) is 0 Å². The SMILES string of the molecule is COC(=O)C(C)(CCSc1nnc(C)n1C)NC1CC1. The van der Waals surface area contributed by atoms with E-state index in [1.165, 1.54) is 7.11 Å². The summed E-state index contributed by atoms with van der Waals surface area (Å²) in [5.41, 5.74) is -0.615. The molecule has 0 amide bonds. The van der Waals surface area contributed by atoms with Gasteiger partial charge < -0.3 is 9.30 Å². The van der Waals surface area contributed by atoms with Crippen molar-refractivity contribution in [3.63, 3.8) is 0 Å². The largest absolute Gasteiger partial charge is 0.468 e. The predicted octanol–water partition coefficient (Wildman–Crippen LogP) is 1.29. The molecule has 1 aliphatic carbocycles. The van der Waals surface area contributed by atoms with Crippen molar-refractivity contribution in [1.82, 2.24) is 20.1 Å². The average Bonchev–Trinajstić information content (AvgIpc) is 3.18. The number of hydrogen-bond donors (Lipinski definition) is 1. The van der Waals surface area contributed by atoms with Crippen LogP contribution >= 0.6 is 11.8 Å². The number of carbonyl (C=O) groups is 1. The number of carbonyl (C=O) groups excluding carboxylic acids is 1. The van der Waals surface area contributed by atoms with Crippen LogP contribution in [0.1, 0.15) is 32.0 Å². The Morgan fingerprint density at radius 1 is 1.55 bits per heavy atom. The number of rotatable bonds is 7. The lowest BCUT2D eigenvalue weighted by Gasteiger charge is -2.27. The van der Waals surface area contributed by atoms with Crippen molar-refractivity contribution >= 4 is 17.7 Å². The van der Waals surface area contributed by atoms with Crippen molar-refractivity contribution in [3.8, 4) is 0 Å². The van der Waals surface area contributed by atoms with Gasteiger partial charge in [-0.3, -0.25) is 10.1 Å². The van der Waals surface area contributed by atoms with Crippen LogP contribution in [-0.4, -0.2) is 45.2 Å². The number of ether oxygens (including phenoxy) is 1. The summed E-state index contributed by atoms with van der Waals surface area (Å²) in [6, 6.07) is 0.459. The highest BCUT2D eigenvalue weighted by Crippen LogP contribution is 2.27. The topological polar surface area (TPSA) is 69.0 Å². The zero-order chi connectivity index (χ0) is 14.8. The van der Waals surface area contributed by atoms with E-state index >= 15 is 0 Å².